The molecule has 8 heteroatoms. The largest absolute Gasteiger partial charge is 0.465 e. The van der Waals surface area contributed by atoms with Crippen molar-refractivity contribution in [3.05, 3.63) is 66.4 Å². The maximum absolute atomic E-state index is 11.5. The predicted molar refractivity (Wildman–Crippen MR) is 117 cm³/mol. The number of morpholine rings is 1. The summed E-state index contributed by atoms with van der Waals surface area (Å²) >= 11 is 1.50. The second-order valence-corrected chi connectivity index (χ2v) is 7.70. The van der Waals surface area contributed by atoms with E-state index >= 15 is 0 Å². The number of ether oxygens (including phenoxy) is 2. The van der Waals surface area contributed by atoms with Crippen molar-refractivity contribution >= 4 is 35.1 Å². The summed E-state index contributed by atoms with van der Waals surface area (Å²) in [5, 5.41) is 4.06. The summed E-state index contributed by atoms with van der Waals surface area (Å²) in [6.45, 7) is 3.36. The second-order valence-electron chi connectivity index (χ2n) is 6.61. The lowest BCUT2D eigenvalue weighted by molar-refractivity contribution is 0.0600. The summed E-state index contributed by atoms with van der Waals surface area (Å²) in [6.07, 6.45) is 1.72. The number of nitrogens with one attached hydrogen (secondary N) is 1. The monoisotopic (exact) mass is 422 g/mol. The highest BCUT2D eigenvalue weighted by atomic mass is 32.2. The smallest absolute Gasteiger partial charge is 0.337 e. The van der Waals surface area contributed by atoms with Crippen LogP contribution >= 0.6 is 11.8 Å². The summed E-state index contributed by atoms with van der Waals surface area (Å²) < 4.78 is 10.1. The van der Waals surface area contributed by atoms with Gasteiger partial charge in [0.15, 0.2) is 0 Å². The van der Waals surface area contributed by atoms with Crippen LogP contribution < -0.4 is 10.2 Å². The zero-order chi connectivity index (χ0) is 20.8. The van der Waals surface area contributed by atoms with Crippen LogP contribution in [0.5, 0.6) is 0 Å². The first-order valence-corrected chi connectivity index (χ1v) is 10.4. The maximum Gasteiger partial charge on any atom is 0.337 e. The van der Waals surface area contributed by atoms with Gasteiger partial charge in [0.1, 0.15) is 5.03 Å². The summed E-state index contributed by atoms with van der Waals surface area (Å²) in [5.41, 5.74) is 2.63. The fourth-order valence-corrected chi connectivity index (χ4v) is 3.84. The molecule has 0 spiro atoms. The minimum atomic E-state index is -0.347. The third kappa shape index (κ3) is 5.08. The lowest BCUT2D eigenvalue weighted by Gasteiger charge is -2.28. The van der Waals surface area contributed by atoms with Gasteiger partial charge >= 0.3 is 5.97 Å². The molecule has 2 aromatic carbocycles. The first kappa shape index (κ1) is 20.2. The number of aromatic nitrogens is 2. The number of carbonyl (C=O) groups excluding carboxylic acids is 1. The Hall–Kier alpha value is -3.10. The van der Waals surface area contributed by atoms with Gasteiger partial charge in [-0.15, -0.1) is 0 Å². The van der Waals surface area contributed by atoms with Gasteiger partial charge < -0.3 is 19.7 Å². The van der Waals surface area contributed by atoms with Crippen molar-refractivity contribution in [2.75, 3.05) is 43.6 Å². The summed E-state index contributed by atoms with van der Waals surface area (Å²) in [5.74, 6) is 0.185. The Kier molecular flexibility index (Phi) is 6.46. The van der Waals surface area contributed by atoms with Crippen molar-refractivity contribution in [2.24, 2.45) is 0 Å². The van der Waals surface area contributed by atoms with Crippen LogP contribution in [0.25, 0.3) is 0 Å². The Morgan fingerprint density at radius 1 is 1.07 bits per heavy atom. The van der Waals surface area contributed by atoms with Crippen molar-refractivity contribution in [3.63, 3.8) is 0 Å². The molecule has 0 radical (unpaired) electrons. The van der Waals surface area contributed by atoms with Crippen LogP contribution in [0.3, 0.4) is 0 Å². The number of carbonyl (C=O) groups is 1. The van der Waals surface area contributed by atoms with E-state index in [0.717, 1.165) is 41.9 Å². The molecule has 0 atom stereocenters. The van der Waals surface area contributed by atoms with Gasteiger partial charge in [0.25, 0.3) is 0 Å². The van der Waals surface area contributed by atoms with Crippen LogP contribution in [0.2, 0.25) is 0 Å². The first-order valence-electron chi connectivity index (χ1n) is 9.60. The van der Waals surface area contributed by atoms with Gasteiger partial charge in [0.05, 0.1) is 25.9 Å². The van der Waals surface area contributed by atoms with Crippen molar-refractivity contribution in [2.45, 2.75) is 9.92 Å². The minimum Gasteiger partial charge on any atom is -0.465 e. The number of methoxy groups -OCH3 is 1. The molecule has 1 fully saturated rings. The average Bonchev–Trinajstić information content (AvgIpc) is 2.80. The molecular weight excluding hydrogens is 400 g/mol. The molecule has 30 heavy (non-hydrogen) atoms. The Bertz CT molecular complexity index is 990. The molecule has 0 amide bonds. The summed E-state index contributed by atoms with van der Waals surface area (Å²) in [6, 6.07) is 17.3. The van der Waals surface area contributed by atoms with Crippen LogP contribution in [0.4, 0.5) is 17.3 Å². The van der Waals surface area contributed by atoms with Crippen molar-refractivity contribution in [3.8, 4) is 0 Å². The van der Waals surface area contributed by atoms with Crippen LogP contribution in [0.15, 0.2) is 70.7 Å². The predicted octanol–water partition coefficient (Wildman–Crippen LogP) is 3.99. The standard InChI is InChI=1S/C22H22N4O3S/c1-28-21(27)16-2-8-19(9-3-16)30-20-10-11-23-22(25-20)24-17-4-6-18(7-5-17)26-12-14-29-15-13-26/h2-11H,12-15H2,1H3,(H,23,24,25). The highest BCUT2D eigenvalue weighted by molar-refractivity contribution is 7.99. The fourth-order valence-electron chi connectivity index (χ4n) is 3.06. The van der Waals surface area contributed by atoms with Crippen molar-refractivity contribution < 1.29 is 14.3 Å². The Balaban J connectivity index is 1.40. The van der Waals surface area contributed by atoms with E-state index in [-0.39, 0.29) is 5.97 Å². The van der Waals surface area contributed by atoms with E-state index in [1.54, 1.807) is 18.3 Å². The van der Waals surface area contributed by atoms with E-state index in [1.165, 1.54) is 24.6 Å². The highest BCUT2D eigenvalue weighted by Gasteiger charge is 2.11. The number of hydrogen-bond donors (Lipinski definition) is 1. The van der Waals surface area contributed by atoms with Gasteiger partial charge in [-0.3, -0.25) is 0 Å². The van der Waals surface area contributed by atoms with Crippen LogP contribution in [-0.4, -0.2) is 49.4 Å². The fraction of sp³-hybridized carbons (Fsp3) is 0.227. The molecule has 1 aromatic heterocycles. The normalized spacial score (nSPS) is 13.7. The minimum absolute atomic E-state index is 0.347. The van der Waals surface area contributed by atoms with Gasteiger partial charge in [-0.05, 0) is 54.6 Å². The molecule has 4 rings (SSSR count). The lowest BCUT2D eigenvalue weighted by atomic mass is 10.2. The topological polar surface area (TPSA) is 76.6 Å². The van der Waals surface area contributed by atoms with E-state index in [2.05, 4.69) is 32.3 Å². The molecular formula is C22H22N4O3S. The van der Waals surface area contributed by atoms with Gasteiger partial charge in [0.2, 0.25) is 5.95 Å². The summed E-state index contributed by atoms with van der Waals surface area (Å²) in [7, 11) is 1.37. The first-order chi connectivity index (χ1) is 14.7. The maximum atomic E-state index is 11.5. The Morgan fingerprint density at radius 2 is 1.80 bits per heavy atom. The highest BCUT2D eigenvalue weighted by Crippen LogP contribution is 2.27. The third-order valence-corrected chi connectivity index (χ3v) is 5.57. The van der Waals surface area contributed by atoms with Gasteiger partial charge in [-0.1, -0.05) is 11.8 Å². The molecule has 1 aliphatic rings. The molecule has 1 aliphatic heterocycles. The van der Waals surface area contributed by atoms with Crippen LogP contribution in [0, 0.1) is 0 Å². The van der Waals surface area contributed by atoms with Gasteiger partial charge in [0, 0.05) is 35.6 Å². The third-order valence-electron chi connectivity index (χ3n) is 4.63. The zero-order valence-corrected chi connectivity index (χ0v) is 17.4. The molecule has 0 aliphatic carbocycles. The van der Waals surface area contributed by atoms with E-state index < -0.39 is 0 Å². The average molecular weight is 423 g/mol. The van der Waals surface area contributed by atoms with Gasteiger partial charge in [-0.2, -0.15) is 0 Å². The lowest BCUT2D eigenvalue weighted by Crippen LogP contribution is -2.36. The zero-order valence-electron chi connectivity index (χ0n) is 16.6. The Labute approximate surface area is 179 Å². The molecule has 0 unspecified atom stereocenters. The number of rotatable bonds is 6. The molecule has 0 bridgehead atoms. The number of nitrogens with zero attached hydrogens (tertiary/aromatic N) is 3. The van der Waals surface area contributed by atoms with Gasteiger partial charge in [-0.25, -0.2) is 14.8 Å². The van der Waals surface area contributed by atoms with E-state index in [1.807, 2.05) is 30.3 Å². The SMILES string of the molecule is COC(=O)c1ccc(Sc2ccnc(Nc3ccc(N4CCOCC4)cc3)n2)cc1. The quantitative estimate of drug-likeness (QED) is 0.472. The Morgan fingerprint density at radius 3 is 2.50 bits per heavy atom. The molecule has 1 saturated heterocycles. The number of esters is 1. The molecule has 3 aromatic rings. The van der Waals surface area contributed by atoms with Crippen molar-refractivity contribution in [1.29, 1.82) is 0 Å². The van der Waals surface area contributed by atoms with E-state index in [4.69, 9.17) is 9.47 Å². The molecule has 1 N–H and O–H groups in total. The number of anilines is 3. The molecule has 7 nitrogen and oxygen atoms in total. The van der Waals surface area contributed by atoms with E-state index in [9.17, 15) is 4.79 Å². The van der Waals surface area contributed by atoms with E-state index in [0.29, 0.717) is 11.5 Å². The number of hydrogen-bond acceptors (Lipinski definition) is 8. The van der Waals surface area contributed by atoms with Crippen LogP contribution in [0.1, 0.15) is 10.4 Å². The molecule has 0 saturated carbocycles. The summed E-state index contributed by atoms with van der Waals surface area (Å²) in [4.78, 5) is 23.7. The molecule has 154 valence electrons. The second kappa shape index (κ2) is 9.60. The van der Waals surface area contributed by atoms with Crippen molar-refractivity contribution in [1.82, 2.24) is 9.97 Å². The van der Waals surface area contributed by atoms with Crippen LogP contribution in [-0.2, 0) is 9.47 Å². The molecule has 2 heterocycles. The number of benzene rings is 2.